The Labute approximate surface area is 179 Å². The number of hydrogen-bond donors (Lipinski definition) is 1. The molecule has 154 valence electrons. The third-order valence-electron chi connectivity index (χ3n) is 6.52. The first-order valence-electron chi connectivity index (χ1n) is 11.1. The fourth-order valence-electron chi connectivity index (χ4n) is 4.61. The molecule has 1 fully saturated rings. The molecule has 2 aliphatic rings. The van der Waals surface area contributed by atoms with Crippen molar-refractivity contribution in [3.63, 3.8) is 0 Å². The number of rotatable bonds is 5. The molecule has 1 aliphatic heterocycles. The lowest BCUT2D eigenvalue weighted by atomic mass is 9.99. The van der Waals surface area contributed by atoms with Crippen LogP contribution >= 0.6 is 0 Å². The van der Waals surface area contributed by atoms with Gasteiger partial charge in [0.2, 0.25) is 0 Å². The summed E-state index contributed by atoms with van der Waals surface area (Å²) in [5, 5.41) is 3.78. The summed E-state index contributed by atoms with van der Waals surface area (Å²) in [6, 6.07) is 22.4. The first-order valence-corrected chi connectivity index (χ1v) is 11.1. The molecule has 4 heteroatoms. The quantitative estimate of drug-likeness (QED) is 0.695. The van der Waals surface area contributed by atoms with E-state index in [2.05, 4.69) is 82.8 Å². The van der Waals surface area contributed by atoms with Gasteiger partial charge in [-0.1, -0.05) is 48.5 Å². The lowest BCUT2D eigenvalue weighted by Gasteiger charge is -2.33. The summed E-state index contributed by atoms with van der Waals surface area (Å²) in [4.78, 5) is 9.50. The molecule has 1 aliphatic carbocycles. The predicted octanol–water partition coefficient (Wildman–Crippen LogP) is 4.28. The van der Waals surface area contributed by atoms with Gasteiger partial charge in [0.15, 0.2) is 0 Å². The number of likely N-dealkylation sites (N-methyl/N-ethyl adjacent to an activating group) is 1. The zero-order valence-electron chi connectivity index (χ0n) is 17.7. The second-order valence-electron chi connectivity index (χ2n) is 8.57. The van der Waals surface area contributed by atoms with Crippen molar-refractivity contribution < 1.29 is 0 Å². The lowest BCUT2D eigenvalue weighted by Crippen LogP contribution is -2.44. The number of aryl methyl sites for hydroxylation is 1. The highest BCUT2D eigenvalue weighted by molar-refractivity contribution is 5.65. The van der Waals surface area contributed by atoms with Gasteiger partial charge in [-0.2, -0.15) is 0 Å². The van der Waals surface area contributed by atoms with Crippen LogP contribution in [0.25, 0.3) is 11.1 Å². The molecule has 0 spiro atoms. The van der Waals surface area contributed by atoms with Gasteiger partial charge in [0.1, 0.15) is 5.82 Å². The molecule has 0 bridgehead atoms. The summed E-state index contributed by atoms with van der Waals surface area (Å²) in [7, 11) is 2.18. The van der Waals surface area contributed by atoms with Crippen LogP contribution in [0.1, 0.15) is 29.2 Å². The number of fused-ring (bicyclic) bond motifs is 1. The zero-order chi connectivity index (χ0) is 20.3. The Hall–Kier alpha value is -2.69. The average molecular weight is 399 g/mol. The van der Waals surface area contributed by atoms with E-state index in [1.807, 2.05) is 6.20 Å². The highest BCUT2D eigenvalue weighted by Gasteiger charge is 2.22. The summed E-state index contributed by atoms with van der Waals surface area (Å²) in [6.45, 7) is 5.19. The topological polar surface area (TPSA) is 31.4 Å². The van der Waals surface area contributed by atoms with Gasteiger partial charge in [0.25, 0.3) is 0 Å². The number of piperazine rings is 1. The van der Waals surface area contributed by atoms with Gasteiger partial charge in [-0.15, -0.1) is 0 Å². The van der Waals surface area contributed by atoms with E-state index < -0.39 is 0 Å². The van der Waals surface area contributed by atoms with Crippen molar-refractivity contribution >= 4 is 5.82 Å². The molecule has 2 heterocycles. The molecule has 1 atom stereocenters. The van der Waals surface area contributed by atoms with E-state index in [1.165, 1.54) is 34.2 Å². The van der Waals surface area contributed by atoms with E-state index in [0.717, 1.165) is 45.0 Å². The van der Waals surface area contributed by atoms with E-state index in [0.29, 0.717) is 6.04 Å². The molecule has 1 aromatic heterocycles. The van der Waals surface area contributed by atoms with Crippen molar-refractivity contribution in [2.45, 2.75) is 25.4 Å². The number of nitrogens with zero attached hydrogens (tertiary/aromatic N) is 3. The molecule has 0 amide bonds. The normalized spacial score (nSPS) is 19.1. The van der Waals surface area contributed by atoms with Gasteiger partial charge >= 0.3 is 0 Å². The first-order chi connectivity index (χ1) is 14.8. The second kappa shape index (κ2) is 8.58. The van der Waals surface area contributed by atoms with Crippen molar-refractivity contribution in [1.29, 1.82) is 0 Å². The van der Waals surface area contributed by atoms with E-state index in [-0.39, 0.29) is 0 Å². The molecule has 2 aromatic carbocycles. The Bertz CT molecular complexity index is 976. The molecule has 1 unspecified atom stereocenters. The van der Waals surface area contributed by atoms with Crippen LogP contribution in [0.2, 0.25) is 0 Å². The van der Waals surface area contributed by atoms with E-state index in [9.17, 15) is 0 Å². The smallest absolute Gasteiger partial charge is 0.128 e. The summed E-state index contributed by atoms with van der Waals surface area (Å²) in [5.74, 6) is 1.10. The number of aromatic nitrogens is 1. The molecule has 1 N–H and O–H groups in total. The highest BCUT2D eigenvalue weighted by Crippen LogP contribution is 2.34. The molecule has 0 saturated carbocycles. The minimum absolute atomic E-state index is 0.418. The zero-order valence-corrected chi connectivity index (χ0v) is 17.7. The fourth-order valence-corrected chi connectivity index (χ4v) is 4.61. The van der Waals surface area contributed by atoms with Crippen LogP contribution in [0, 0.1) is 0 Å². The summed E-state index contributed by atoms with van der Waals surface area (Å²) >= 11 is 0. The second-order valence-corrected chi connectivity index (χ2v) is 8.57. The number of hydrogen-bond acceptors (Lipinski definition) is 4. The minimum atomic E-state index is 0.418. The van der Waals surface area contributed by atoms with Crippen LogP contribution < -0.4 is 10.2 Å². The summed E-state index contributed by atoms with van der Waals surface area (Å²) in [6.07, 6.45) is 4.36. The van der Waals surface area contributed by atoms with Gasteiger partial charge in [0, 0.05) is 45.0 Å². The predicted molar refractivity (Wildman–Crippen MR) is 124 cm³/mol. The van der Waals surface area contributed by atoms with Crippen molar-refractivity contribution in [1.82, 2.24) is 15.2 Å². The number of pyridine rings is 1. The molecule has 4 nitrogen and oxygen atoms in total. The number of benzene rings is 2. The third-order valence-corrected chi connectivity index (χ3v) is 6.52. The van der Waals surface area contributed by atoms with Crippen LogP contribution in [0.15, 0.2) is 66.9 Å². The lowest BCUT2D eigenvalue weighted by molar-refractivity contribution is 0.312. The molecule has 1 saturated heterocycles. The van der Waals surface area contributed by atoms with E-state index in [1.54, 1.807) is 0 Å². The average Bonchev–Trinajstić information content (AvgIpc) is 3.21. The Balaban J connectivity index is 1.24. The van der Waals surface area contributed by atoms with Gasteiger partial charge < -0.3 is 15.1 Å². The summed E-state index contributed by atoms with van der Waals surface area (Å²) in [5.41, 5.74) is 6.78. The van der Waals surface area contributed by atoms with Crippen molar-refractivity contribution in [3.05, 3.63) is 83.6 Å². The fraction of sp³-hybridized carbons (Fsp3) is 0.346. The Morgan fingerprint density at radius 2 is 1.77 bits per heavy atom. The standard InChI is InChI=1S/C26H30N4/c1-29-13-15-30(16-14-29)26-12-7-20(19-28-26)18-27-25-11-10-22-8-9-23(17-24(22)25)21-5-3-2-4-6-21/h2-9,12,17,19,25,27H,10-11,13-16,18H2,1H3. The Kier molecular flexibility index (Phi) is 5.52. The molecule has 0 radical (unpaired) electrons. The molecule has 30 heavy (non-hydrogen) atoms. The molecular weight excluding hydrogens is 368 g/mol. The van der Waals surface area contributed by atoms with Gasteiger partial charge in [-0.25, -0.2) is 4.98 Å². The largest absolute Gasteiger partial charge is 0.354 e. The van der Waals surface area contributed by atoms with Crippen molar-refractivity contribution in [3.8, 4) is 11.1 Å². The SMILES string of the molecule is CN1CCN(c2ccc(CNC3CCc4ccc(-c5ccccc5)cc43)cn2)CC1. The number of nitrogens with one attached hydrogen (secondary N) is 1. The number of anilines is 1. The van der Waals surface area contributed by atoms with Crippen molar-refractivity contribution in [2.24, 2.45) is 0 Å². The van der Waals surface area contributed by atoms with Crippen LogP contribution in [-0.4, -0.2) is 43.1 Å². The maximum absolute atomic E-state index is 4.74. The molecular formula is C26H30N4. The van der Waals surface area contributed by atoms with Crippen LogP contribution in [0.3, 0.4) is 0 Å². The maximum Gasteiger partial charge on any atom is 0.128 e. The van der Waals surface area contributed by atoms with Crippen LogP contribution in [-0.2, 0) is 13.0 Å². The minimum Gasteiger partial charge on any atom is -0.354 e. The van der Waals surface area contributed by atoms with Gasteiger partial charge in [0.05, 0.1) is 0 Å². The van der Waals surface area contributed by atoms with E-state index >= 15 is 0 Å². The summed E-state index contributed by atoms with van der Waals surface area (Å²) < 4.78 is 0. The monoisotopic (exact) mass is 398 g/mol. The Morgan fingerprint density at radius 3 is 2.53 bits per heavy atom. The van der Waals surface area contributed by atoms with Gasteiger partial charge in [-0.3, -0.25) is 0 Å². The Morgan fingerprint density at radius 1 is 0.933 bits per heavy atom. The van der Waals surface area contributed by atoms with Crippen LogP contribution in [0.4, 0.5) is 5.82 Å². The van der Waals surface area contributed by atoms with Gasteiger partial charge in [-0.05, 0) is 59.8 Å². The van der Waals surface area contributed by atoms with Crippen molar-refractivity contribution in [2.75, 3.05) is 38.1 Å². The first kappa shape index (κ1) is 19.3. The third kappa shape index (κ3) is 4.11. The van der Waals surface area contributed by atoms with Crippen LogP contribution in [0.5, 0.6) is 0 Å². The molecule has 3 aromatic rings. The maximum atomic E-state index is 4.74. The van der Waals surface area contributed by atoms with E-state index in [4.69, 9.17) is 4.98 Å². The molecule has 5 rings (SSSR count). The highest BCUT2D eigenvalue weighted by atomic mass is 15.3.